The van der Waals surface area contributed by atoms with Gasteiger partial charge < -0.3 is 15.0 Å². The Morgan fingerprint density at radius 1 is 1.35 bits per heavy atom. The summed E-state index contributed by atoms with van der Waals surface area (Å²) in [6.45, 7) is 4.36. The zero-order valence-electron chi connectivity index (χ0n) is 11.3. The van der Waals surface area contributed by atoms with E-state index in [0.717, 1.165) is 18.8 Å². The summed E-state index contributed by atoms with van der Waals surface area (Å²) >= 11 is 5.59. The number of ketones is 1. The second kappa shape index (κ2) is 6.72. The maximum Gasteiger partial charge on any atom is 0.221 e. The van der Waals surface area contributed by atoms with E-state index in [1.807, 2.05) is 12.1 Å². The Kier molecular flexibility index (Phi) is 4.98. The van der Waals surface area contributed by atoms with Crippen LogP contribution in [0.4, 0.5) is 11.4 Å². The lowest BCUT2D eigenvalue weighted by Crippen LogP contribution is -2.36. The molecule has 0 aromatic heterocycles. The maximum absolute atomic E-state index is 11.8. The monoisotopic (exact) mass is 296 g/mol. The number of ether oxygens (including phenoxy) is 1. The Balaban J connectivity index is 2.31. The van der Waals surface area contributed by atoms with E-state index in [9.17, 15) is 9.59 Å². The molecule has 108 valence electrons. The fourth-order valence-electron chi connectivity index (χ4n) is 2.16. The van der Waals surface area contributed by atoms with E-state index in [-0.39, 0.29) is 17.6 Å². The molecule has 1 aliphatic rings. The number of carbonyl (C=O) groups excluding carboxylic acids is 2. The third kappa shape index (κ3) is 3.49. The Hall–Kier alpha value is -1.59. The molecule has 5 nitrogen and oxygen atoms in total. The first-order chi connectivity index (χ1) is 9.61. The van der Waals surface area contributed by atoms with Crippen molar-refractivity contribution < 1.29 is 14.3 Å². The lowest BCUT2D eigenvalue weighted by atomic mass is 10.1. The van der Waals surface area contributed by atoms with E-state index in [1.54, 1.807) is 6.07 Å². The fourth-order valence-corrected chi connectivity index (χ4v) is 2.30. The zero-order chi connectivity index (χ0) is 14.5. The molecule has 1 N–H and O–H groups in total. The van der Waals surface area contributed by atoms with Crippen LogP contribution in [0.5, 0.6) is 0 Å². The van der Waals surface area contributed by atoms with Crippen LogP contribution in [0.2, 0.25) is 0 Å². The van der Waals surface area contributed by atoms with Crippen molar-refractivity contribution in [1.82, 2.24) is 0 Å². The van der Waals surface area contributed by atoms with Gasteiger partial charge in [0.2, 0.25) is 5.91 Å². The van der Waals surface area contributed by atoms with Crippen molar-refractivity contribution in [3.05, 3.63) is 23.8 Å². The Morgan fingerprint density at radius 2 is 2.05 bits per heavy atom. The molecule has 1 heterocycles. The van der Waals surface area contributed by atoms with Gasteiger partial charge in [0.1, 0.15) is 0 Å². The van der Waals surface area contributed by atoms with E-state index in [1.165, 1.54) is 6.92 Å². The standard InChI is InChI=1S/C14H17ClN2O3/c1-10(18)16-13-8-11(17-4-6-20-7-5-17)2-3-12(13)14(19)9-15/h2-3,8H,4-7,9H2,1H3,(H,16,18). The summed E-state index contributed by atoms with van der Waals surface area (Å²) in [5.74, 6) is -0.527. The number of hydrogen-bond donors (Lipinski definition) is 1. The molecule has 1 aromatic rings. The predicted molar refractivity (Wildman–Crippen MR) is 78.8 cm³/mol. The van der Waals surface area contributed by atoms with Crippen molar-refractivity contribution in [3.8, 4) is 0 Å². The van der Waals surface area contributed by atoms with E-state index in [4.69, 9.17) is 16.3 Å². The summed E-state index contributed by atoms with van der Waals surface area (Å²) < 4.78 is 5.31. The zero-order valence-corrected chi connectivity index (χ0v) is 12.1. The molecular weight excluding hydrogens is 280 g/mol. The van der Waals surface area contributed by atoms with E-state index in [2.05, 4.69) is 10.2 Å². The summed E-state index contributed by atoms with van der Waals surface area (Å²) in [4.78, 5) is 25.2. The van der Waals surface area contributed by atoms with E-state index in [0.29, 0.717) is 24.5 Å². The average molecular weight is 297 g/mol. The largest absolute Gasteiger partial charge is 0.378 e. The Morgan fingerprint density at radius 3 is 2.65 bits per heavy atom. The molecule has 6 heteroatoms. The number of Topliss-reactive ketones (excluding diaryl/α,β-unsaturated/α-hetero) is 1. The summed E-state index contributed by atoms with van der Waals surface area (Å²) in [5, 5.41) is 2.69. The first-order valence-electron chi connectivity index (χ1n) is 6.45. The van der Waals surface area contributed by atoms with Crippen molar-refractivity contribution in [2.45, 2.75) is 6.92 Å². The van der Waals surface area contributed by atoms with Crippen LogP contribution in [0.1, 0.15) is 17.3 Å². The van der Waals surface area contributed by atoms with Gasteiger partial charge in [-0.2, -0.15) is 0 Å². The van der Waals surface area contributed by atoms with Crippen LogP contribution < -0.4 is 10.2 Å². The summed E-state index contributed by atoms with van der Waals surface area (Å²) in [5.41, 5.74) is 1.91. The van der Waals surface area contributed by atoms with Gasteiger partial charge in [-0.3, -0.25) is 9.59 Å². The molecule has 20 heavy (non-hydrogen) atoms. The SMILES string of the molecule is CC(=O)Nc1cc(N2CCOCC2)ccc1C(=O)CCl. The van der Waals surface area contributed by atoms with Crippen LogP contribution in [-0.2, 0) is 9.53 Å². The second-order valence-corrected chi connectivity index (χ2v) is 4.83. The first kappa shape index (κ1) is 14.8. The van der Waals surface area contributed by atoms with Crippen LogP contribution in [0.25, 0.3) is 0 Å². The molecule has 0 bridgehead atoms. The molecule has 0 spiro atoms. The number of morpholine rings is 1. The van der Waals surface area contributed by atoms with Crippen LogP contribution in [0.3, 0.4) is 0 Å². The summed E-state index contributed by atoms with van der Waals surface area (Å²) in [6, 6.07) is 5.39. The molecule has 1 saturated heterocycles. The number of nitrogens with zero attached hydrogens (tertiary/aromatic N) is 1. The molecule has 2 rings (SSSR count). The molecule has 0 saturated carbocycles. The van der Waals surface area contributed by atoms with Gasteiger partial charge in [0, 0.05) is 31.3 Å². The molecule has 0 radical (unpaired) electrons. The number of anilines is 2. The second-order valence-electron chi connectivity index (χ2n) is 4.57. The number of carbonyl (C=O) groups is 2. The Labute approximate surface area is 122 Å². The molecule has 1 fully saturated rings. The summed E-state index contributed by atoms with van der Waals surface area (Å²) in [6.07, 6.45) is 0. The van der Waals surface area contributed by atoms with Gasteiger partial charge >= 0.3 is 0 Å². The maximum atomic E-state index is 11.8. The molecular formula is C14H17ClN2O3. The number of benzene rings is 1. The number of nitrogens with one attached hydrogen (secondary N) is 1. The normalized spacial score (nSPS) is 15.0. The van der Waals surface area contributed by atoms with Crippen molar-refractivity contribution in [2.75, 3.05) is 42.4 Å². The third-order valence-corrected chi connectivity index (χ3v) is 3.35. The van der Waals surface area contributed by atoms with Gasteiger partial charge in [0.15, 0.2) is 5.78 Å². The number of rotatable bonds is 4. The minimum Gasteiger partial charge on any atom is -0.378 e. The number of alkyl halides is 1. The molecule has 1 aliphatic heterocycles. The highest BCUT2D eigenvalue weighted by atomic mass is 35.5. The first-order valence-corrected chi connectivity index (χ1v) is 6.99. The van der Waals surface area contributed by atoms with Gasteiger partial charge in [-0.15, -0.1) is 11.6 Å². The highest BCUT2D eigenvalue weighted by Gasteiger charge is 2.16. The smallest absolute Gasteiger partial charge is 0.221 e. The van der Waals surface area contributed by atoms with Gasteiger partial charge in [0.05, 0.1) is 24.8 Å². The van der Waals surface area contributed by atoms with Gasteiger partial charge in [-0.25, -0.2) is 0 Å². The number of hydrogen-bond acceptors (Lipinski definition) is 4. The Bertz CT molecular complexity index is 513. The lowest BCUT2D eigenvalue weighted by molar-refractivity contribution is -0.114. The lowest BCUT2D eigenvalue weighted by Gasteiger charge is -2.29. The highest BCUT2D eigenvalue weighted by molar-refractivity contribution is 6.31. The van der Waals surface area contributed by atoms with Crippen LogP contribution in [0, 0.1) is 0 Å². The molecule has 1 amide bonds. The van der Waals surface area contributed by atoms with Crippen molar-refractivity contribution >= 4 is 34.7 Å². The van der Waals surface area contributed by atoms with E-state index < -0.39 is 0 Å². The quantitative estimate of drug-likeness (QED) is 0.681. The minimum atomic E-state index is -0.215. The summed E-state index contributed by atoms with van der Waals surface area (Å²) in [7, 11) is 0. The topological polar surface area (TPSA) is 58.6 Å². The minimum absolute atomic E-state index is 0.108. The molecule has 0 unspecified atom stereocenters. The number of halogens is 1. The highest BCUT2D eigenvalue weighted by Crippen LogP contribution is 2.25. The van der Waals surface area contributed by atoms with Crippen molar-refractivity contribution in [1.29, 1.82) is 0 Å². The molecule has 0 aliphatic carbocycles. The predicted octanol–water partition coefficient (Wildman–Crippen LogP) is 1.90. The van der Waals surface area contributed by atoms with Gasteiger partial charge in [-0.05, 0) is 18.2 Å². The van der Waals surface area contributed by atoms with E-state index >= 15 is 0 Å². The van der Waals surface area contributed by atoms with Crippen LogP contribution >= 0.6 is 11.6 Å². The van der Waals surface area contributed by atoms with Crippen LogP contribution in [-0.4, -0.2) is 43.9 Å². The van der Waals surface area contributed by atoms with Crippen molar-refractivity contribution in [2.24, 2.45) is 0 Å². The van der Waals surface area contributed by atoms with Crippen LogP contribution in [0.15, 0.2) is 18.2 Å². The third-order valence-electron chi connectivity index (χ3n) is 3.11. The fraction of sp³-hybridized carbons (Fsp3) is 0.429. The molecule has 0 atom stereocenters. The van der Waals surface area contributed by atoms with Crippen molar-refractivity contribution in [3.63, 3.8) is 0 Å². The average Bonchev–Trinajstić information content (AvgIpc) is 2.46. The van der Waals surface area contributed by atoms with Gasteiger partial charge in [-0.1, -0.05) is 0 Å². The number of amides is 1. The van der Waals surface area contributed by atoms with Gasteiger partial charge in [0.25, 0.3) is 0 Å². The molecule has 1 aromatic carbocycles.